The third-order valence-corrected chi connectivity index (χ3v) is 4.48. The fourth-order valence-electron chi connectivity index (χ4n) is 2.95. The predicted molar refractivity (Wildman–Crippen MR) is 115 cm³/mol. The Morgan fingerprint density at radius 2 is 1.53 bits per heavy atom. The molecule has 0 aliphatic rings. The normalized spacial score (nSPS) is 10.5. The number of carbonyl (C=O) groups is 2. The quantitative estimate of drug-likeness (QED) is 0.486. The molecule has 0 aliphatic heterocycles. The smallest absolute Gasteiger partial charge is 0.324 e. The molecule has 1 aromatic heterocycles. The van der Waals surface area contributed by atoms with Crippen LogP contribution in [0.1, 0.15) is 10.4 Å². The van der Waals surface area contributed by atoms with Crippen LogP contribution < -0.4 is 16.3 Å². The first-order chi connectivity index (χ1) is 15.5. The van der Waals surface area contributed by atoms with Gasteiger partial charge in [-0.25, -0.2) is 9.18 Å². The number of nitrogens with zero attached hydrogens (tertiary/aromatic N) is 4. The van der Waals surface area contributed by atoms with E-state index in [4.69, 9.17) is 0 Å². The molecule has 0 radical (unpaired) electrons. The van der Waals surface area contributed by atoms with E-state index < -0.39 is 23.3 Å². The summed E-state index contributed by atoms with van der Waals surface area (Å²) in [6.45, 7) is -0.389. The van der Waals surface area contributed by atoms with E-state index in [-0.39, 0.29) is 17.8 Å². The molecule has 2 N–H and O–H groups in total. The first-order valence-electron chi connectivity index (χ1n) is 9.55. The number of nitrogens with one attached hydrogen (secondary N) is 2. The van der Waals surface area contributed by atoms with Gasteiger partial charge in [-0.3, -0.25) is 9.59 Å². The molecular formula is C22H17FN6O3. The van der Waals surface area contributed by atoms with Crippen molar-refractivity contribution in [3.8, 4) is 5.69 Å². The van der Waals surface area contributed by atoms with Crippen LogP contribution in [0.3, 0.4) is 0 Å². The zero-order valence-electron chi connectivity index (χ0n) is 16.6. The summed E-state index contributed by atoms with van der Waals surface area (Å²) in [6.07, 6.45) is 0. The molecular weight excluding hydrogens is 415 g/mol. The van der Waals surface area contributed by atoms with E-state index in [1.54, 1.807) is 48.5 Å². The topological polar surface area (TPSA) is 111 Å². The molecule has 4 rings (SSSR count). The second-order valence-electron chi connectivity index (χ2n) is 6.72. The summed E-state index contributed by atoms with van der Waals surface area (Å²) < 4.78 is 15.1. The fraction of sp³-hybridized carbons (Fsp3) is 0.0455. The maximum atomic E-state index is 13.1. The number of aromatic nitrogens is 4. The summed E-state index contributed by atoms with van der Waals surface area (Å²) in [4.78, 5) is 37.7. The molecule has 0 unspecified atom stereocenters. The van der Waals surface area contributed by atoms with Gasteiger partial charge < -0.3 is 10.6 Å². The van der Waals surface area contributed by atoms with Crippen LogP contribution in [-0.4, -0.2) is 31.6 Å². The third-order valence-electron chi connectivity index (χ3n) is 4.48. The minimum Gasteiger partial charge on any atom is -0.324 e. The molecule has 0 saturated heterocycles. The number of halogens is 1. The van der Waals surface area contributed by atoms with Crippen LogP contribution >= 0.6 is 0 Å². The van der Waals surface area contributed by atoms with Crippen molar-refractivity contribution < 1.29 is 14.0 Å². The standard InChI is InChI=1S/C22H17FN6O3/c23-15-10-12-16(13-11-15)24-21(31)18-8-4-5-9-19(18)25-20(30)14-28-22(32)29(27-26-28)17-6-2-1-3-7-17/h1-13H,14H2,(H,24,31)(H,25,30). The van der Waals surface area contributed by atoms with Crippen molar-refractivity contribution in [1.29, 1.82) is 0 Å². The van der Waals surface area contributed by atoms with Gasteiger partial charge in [-0.2, -0.15) is 9.36 Å². The van der Waals surface area contributed by atoms with Gasteiger partial charge in [-0.05, 0) is 59.0 Å². The average Bonchev–Trinajstić information content (AvgIpc) is 3.16. The molecule has 2 amide bonds. The molecule has 160 valence electrons. The molecule has 0 fully saturated rings. The van der Waals surface area contributed by atoms with Crippen molar-refractivity contribution in [2.45, 2.75) is 6.54 Å². The van der Waals surface area contributed by atoms with Gasteiger partial charge >= 0.3 is 5.69 Å². The monoisotopic (exact) mass is 432 g/mol. The van der Waals surface area contributed by atoms with Gasteiger partial charge in [0.05, 0.1) is 16.9 Å². The molecule has 0 spiro atoms. The molecule has 9 nitrogen and oxygen atoms in total. The second-order valence-corrected chi connectivity index (χ2v) is 6.72. The Morgan fingerprint density at radius 3 is 2.28 bits per heavy atom. The highest BCUT2D eigenvalue weighted by Gasteiger charge is 2.16. The maximum Gasteiger partial charge on any atom is 0.368 e. The average molecular weight is 432 g/mol. The number of anilines is 2. The number of hydrogen-bond acceptors (Lipinski definition) is 5. The molecule has 0 aliphatic carbocycles. The summed E-state index contributed by atoms with van der Waals surface area (Å²) in [7, 11) is 0. The van der Waals surface area contributed by atoms with Gasteiger partial charge in [0.2, 0.25) is 5.91 Å². The first kappa shape index (κ1) is 20.7. The highest BCUT2D eigenvalue weighted by atomic mass is 19.1. The number of tetrazole rings is 1. The van der Waals surface area contributed by atoms with Crippen molar-refractivity contribution in [3.63, 3.8) is 0 Å². The molecule has 4 aromatic rings. The summed E-state index contributed by atoms with van der Waals surface area (Å²) in [5, 5.41) is 12.8. The number of hydrogen-bond donors (Lipinski definition) is 2. The van der Waals surface area contributed by atoms with E-state index in [2.05, 4.69) is 21.1 Å². The van der Waals surface area contributed by atoms with Crippen molar-refractivity contribution in [1.82, 2.24) is 19.8 Å². The van der Waals surface area contributed by atoms with Gasteiger partial charge in [0.15, 0.2) is 0 Å². The number of benzene rings is 3. The number of rotatable bonds is 6. The van der Waals surface area contributed by atoms with Crippen molar-refractivity contribution in [2.24, 2.45) is 0 Å². The van der Waals surface area contributed by atoms with Crippen LogP contribution in [0.15, 0.2) is 83.7 Å². The van der Waals surface area contributed by atoms with Crippen molar-refractivity contribution in [3.05, 3.63) is 101 Å². The Balaban J connectivity index is 1.48. The van der Waals surface area contributed by atoms with Crippen LogP contribution in [0.2, 0.25) is 0 Å². The van der Waals surface area contributed by atoms with Gasteiger partial charge in [0.25, 0.3) is 5.91 Å². The zero-order chi connectivity index (χ0) is 22.5. The molecule has 3 aromatic carbocycles. The molecule has 1 heterocycles. The van der Waals surface area contributed by atoms with E-state index in [1.807, 2.05) is 0 Å². The Labute approximate surface area is 181 Å². The third kappa shape index (κ3) is 4.59. The first-order valence-corrected chi connectivity index (χ1v) is 9.55. The van der Waals surface area contributed by atoms with Gasteiger partial charge in [-0.1, -0.05) is 30.3 Å². The highest BCUT2D eigenvalue weighted by Crippen LogP contribution is 2.18. The minimum absolute atomic E-state index is 0.200. The number of amides is 2. The van der Waals surface area contributed by atoms with E-state index >= 15 is 0 Å². The van der Waals surface area contributed by atoms with Crippen LogP contribution in [-0.2, 0) is 11.3 Å². The van der Waals surface area contributed by atoms with E-state index in [9.17, 15) is 18.8 Å². The van der Waals surface area contributed by atoms with Crippen molar-refractivity contribution >= 4 is 23.2 Å². The summed E-state index contributed by atoms with van der Waals surface area (Å²) in [6, 6.07) is 20.4. The Bertz CT molecular complexity index is 1320. The molecule has 10 heteroatoms. The lowest BCUT2D eigenvalue weighted by molar-refractivity contribution is -0.117. The van der Waals surface area contributed by atoms with Crippen LogP contribution in [0, 0.1) is 5.82 Å². The van der Waals surface area contributed by atoms with Gasteiger partial charge in [0, 0.05) is 5.69 Å². The van der Waals surface area contributed by atoms with Gasteiger partial charge in [0.1, 0.15) is 12.4 Å². The Kier molecular flexibility index (Phi) is 5.84. The fourth-order valence-corrected chi connectivity index (χ4v) is 2.95. The lowest BCUT2D eigenvalue weighted by Crippen LogP contribution is -2.30. The maximum absolute atomic E-state index is 13.1. The summed E-state index contributed by atoms with van der Waals surface area (Å²) in [5.41, 5.74) is 0.799. The highest BCUT2D eigenvalue weighted by molar-refractivity contribution is 6.10. The summed E-state index contributed by atoms with van der Waals surface area (Å²) in [5.74, 6) is -1.47. The molecule has 0 saturated carbocycles. The largest absolute Gasteiger partial charge is 0.368 e. The SMILES string of the molecule is O=C(Cn1nnn(-c2ccccc2)c1=O)Nc1ccccc1C(=O)Nc1ccc(F)cc1. The van der Waals surface area contributed by atoms with Crippen LogP contribution in [0.25, 0.3) is 5.69 Å². The summed E-state index contributed by atoms with van der Waals surface area (Å²) >= 11 is 0. The Hall–Kier alpha value is -4.60. The molecule has 0 bridgehead atoms. The Morgan fingerprint density at radius 1 is 0.844 bits per heavy atom. The number of para-hydroxylation sites is 2. The van der Waals surface area contributed by atoms with Crippen molar-refractivity contribution in [2.75, 3.05) is 10.6 Å². The lowest BCUT2D eigenvalue weighted by atomic mass is 10.1. The van der Waals surface area contributed by atoms with E-state index in [1.165, 1.54) is 30.3 Å². The van der Waals surface area contributed by atoms with Crippen LogP contribution in [0.5, 0.6) is 0 Å². The second kappa shape index (κ2) is 9.04. The predicted octanol–water partition coefficient (Wildman–Crippen LogP) is 2.46. The lowest BCUT2D eigenvalue weighted by Gasteiger charge is -2.11. The minimum atomic E-state index is -0.575. The molecule has 32 heavy (non-hydrogen) atoms. The molecule has 0 atom stereocenters. The van der Waals surface area contributed by atoms with Crippen LogP contribution in [0.4, 0.5) is 15.8 Å². The van der Waals surface area contributed by atoms with E-state index in [0.717, 1.165) is 9.36 Å². The number of carbonyl (C=O) groups excluding carboxylic acids is 2. The van der Waals surface area contributed by atoms with Gasteiger partial charge in [-0.15, -0.1) is 0 Å². The van der Waals surface area contributed by atoms with E-state index in [0.29, 0.717) is 11.4 Å². The zero-order valence-corrected chi connectivity index (χ0v) is 16.6.